The highest BCUT2D eigenvalue weighted by atomic mass is 16.5. The number of ether oxygens (including phenoxy) is 2. The van der Waals surface area contributed by atoms with Crippen LogP contribution in [0.15, 0.2) is 42.9 Å². The summed E-state index contributed by atoms with van der Waals surface area (Å²) >= 11 is 0. The molecule has 1 aliphatic heterocycles. The first-order valence-corrected chi connectivity index (χ1v) is 7.86. The van der Waals surface area contributed by atoms with Gasteiger partial charge in [-0.1, -0.05) is 30.3 Å². The van der Waals surface area contributed by atoms with Crippen LogP contribution < -0.4 is 0 Å². The zero-order valence-electron chi connectivity index (χ0n) is 13.8. The fraction of sp³-hybridized carbons (Fsp3) is 0.389. The Morgan fingerprint density at radius 3 is 2.62 bits per heavy atom. The number of hydrogen-bond donors (Lipinski definition) is 0. The van der Waals surface area contributed by atoms with E-state index in [9.17, 15) is 9.59 Å². The van der Waals surface area contributed by atoms with Gasteiger partial charge < -0.3 is 14.0 Å². The molecule has 1 saturated heterocycles. The van der Waals surface area contributed by atoms with E-state index in [1.165, 1.54) is 13.1 Å². The molecule has 1 aromatic carbocycles. The molecule has 3 rings (SSSR count). The van der Waals surface area contributed by atoms with Crippen LogP contribution in [0.4, 0.5) is 0 Å². The number of rotatable bonds is 6. The second-order valence-corrected chi connectivity index (χ2v) is 6.18. The average molecular weight is 328 g/mol. The third-order valence-corrected chi connectivity index (χ3v) is 4.56. The van der Waals surface area contributed by atoms with Gasteiger partial charge in [0, 0.05) is 0 Å². The van der Waals surface area contributed by atoms with Crippen LogP contribution in [-0.4, -0.2) is 41.1 Å². The van der Waals surface area contributed by atoms with Gasteiger partial charge in [0.05, 0.1) is 31.8 Å². The zero-order valence-corrected chi connectivity index (χ0v) is 13.8. The second kappa shape index (κ2) is 6.57. The molecule has 2 aromatic rings. The molecule has 0 saturated carbocycles. The lowest BCUT2D eigenvalue weighted by molar-refractivity contribution is -0.165. The fourth-order valence-corrected chi connectivity index (χ4v) is 2.68. The molecule has 0 radical (unpaired) electrons. The molecular formula is C18H20N2O4. The quantitative estimate of drug-likeness (QED) is 0.761. The van der Waals surface area contributed by atoms with Crippen molar-refractivity contribution in [3.05, 3.63) is 54.1 Å². The number of carbonyl (C=O) groups is 2. The summed E-state index contributed by atoms with van der Waals surface area (Å²) < 4.78 is 12.3. The lowest BCUT2D eigenvalue weighted by Gasteiger charge is -2.38. The van der Waals surface area contributed by atoms with Gasteiger partial charge in [0.1, 0.15) is 23.5 Å². The summed E-state index contributed by atoms with van der Waals surface area (Å²) in [6, 6.07) is 9.79. The van der Waals surface area contributed by atoms with E-state index in [1.807, 2.05) is 37.3 Å². The van der Waals surface area contributed by atoms with Gasteiger partial charge >= 0.3 is 5.97 Å². The summed E-state index contributed by atoms with van der Waals surface area (Å²) in [4.78, 5) is 28.2. The first-order valence-electron chi connectivity index (χ1n) is 7.86. The Morgan fingerprint density at radius 2 is 2.04 bits per heavy atom. The Balaban J connectivity index is 1.73. The highest BCUT2D eigenvalue weighted by Crippen LogP contribution is 2.29. The minimum absolute atomic E-state index is 0.0206. The van der Waals surface area contributed by atoms with Crippen molar-refractivity contribution in [1.82, 2.24) is 9.55 Å². The van der Waals surface area contributed by atoms with Gasteiger partial charge in [-0.15, -0.1) is 0 Å². The number of ketones is 1. The van der Waals surface area contributed by atoms with E-state index < -0.39 is 11.4 Å². The topological polar surface area (TPSA) is 70.4 Å². The van der Waals surface area contributed by atoms with Crippen LogP contribution in [0.3, 0.4) is 0 Å². The molecule has 1 unspecified atom stereocenters. The van der Waals surface area contributed by atoms with Crippen LogP contribution >= 0.6 is 0 Å². The average Bonchev–Trinajstić information content (AvgIpc) is 3.03. The Bertz CT molecular complexity index is 734. The molecular weight excluding hydrogens is 308 g/mol. The SMILES string of the molecule is CC(=O)C1(COC(=O)c2cncn2C(C)c2ccccc2)COC1. The van der Waals surface area contributed by atoms with Gasteiger partial charge in [-0.2, -0.15) is 0 Å². The van der Waals surface area contributed by atoms with E-state index in [-0.39, 0.29) is 18.4 Å². The first-order chi connectivity index (χ1) is 11.5. The molecule has 1 fully saturated rings. The standard InChI is InChI=1S/C18H20N2O4/c1-13(15-6-4-3-5-7-15)20-12-19-8-16(20)17(22)24-11-18(14(2)21)9-23-10-18/h3-8,12-13H,9-11H2,1-2H3. The lowest BCUT2D eigenvalue weighted by atomic mass is 9.83. The van der Waals surface area contributed by atoms with E-state index in [1.54, 1.807) is 10.9 Å². The summed E-state index contributed by atoms with van der Waals surface area (Å²) in [5.41, 5.74) is 0.744. The Morgan fingerprint density at radius 1 is 1.33 bits per heavy atom. The van der Waals surface area contributed by atoms with Gasteiger partial charge in [-0.05, 0) is 19.4 Å². The number of esters is 1. The monoisotopic (exact) mass is 328 g/mol. The van der Waals surface area contributed by atoms with E-state index in [0.717, 1.165) is 5.56 Å². The van der Waals surface area contributed by atoms with E-state index >= 15 is 0 Å². The minimum atomic E-state index is -0.689. The van der Waals surface area contributed by atoms with Gasteiger partial charge in [0.2, 0.25) is 0 Å². The number of carbonyl (C=O) groups excluding carboxylic acids is 2. The number of aromatic nitrogens is 2. The largest absolute Gasteiger partial charge is 0.460 e. The van der Waals surface area contributed by atoms with Crippen molar-refractivity contribution in [2.75, 3.05) is 19.8 Å². The molecule has 1 atom stereocenters. The van der Waals surface area contributed by atoms with Crippen LogP contribution in [0, 0.1) is 5.41 Å². The molecule has 0 amide bonds. The Hall–Kier alpha value is -2.47. The highest BCUT2D eigenvalue weighted by Gasteiger charge is 2.44. The molecule has 126 valence electrons. The Kier molecular flexibility index (Phi) is 4.49. The number of imidazole rings is 1. The molecule has 0 bridgehead atoms. The van der Waals surface area contributed by atoms with E-state index in [0.29, 0.717) is 18.9 Å². The maximum Gasteiger partial charge on any atom is 0.356 e. The smallest absolute Gasteiger partial charge is 0.356 e. The molecule has 6 heteroatoms. The van der Waals surface area contributed by atoms with Crippen molar-refractivity contribution in [2.45, 2.75) is 19.9 Å². The molecule has 2 heterocycles. The summed E-state index contributed by atoms with van der Waals surface area (Å²) in [5.74, 6) is -0.504. The van der Waals surface area contributed by atoms with Crippen LogP contribution in [0.5, 0.6) is 0 Å². The summed E-state index contributed by atoms with van der Waals surface area (Å²) in [6.45, 7) is 4.12. The number of nitrogens with zero attached hydrogens (tertiary/aromatic N) is 2. The summed E-state index contributed by atoms with van der Waals surface area (Å²) in [7, 11) is 0. The molecule has 0 spiro atoms. The van der Waals surface area contributed by atoms with Crippen molar-refractivity contribution < 1.29 is 19.1 Å². The predicted molar refractivity (Wildman–Crippen MR) is 86.7 cm³/mol. The second-order valence-electron chi connectivity index (χ2n) is 6.18. The lowest BCUT2D eigenvalue weighted by Crippen LogP contribution is -2.51. The number of benzene rings is 1. The molecule has 0 N–H and O–H groups in total. The van der Waals surface area contributed by atoms with Crippen molar-refractivity contribution in [1.29, 1.82) is 0 Å². The number of Topliss-reactive ketones (excluding diaryl/α,β-unsaturated/α-hetero) is 1. The minimum Gasteiger partial charge on any atom is -0.460 e. The third-order valence-electron chi connectivity index (χ3n) is 4.56. The van der Waals surface area contributed by atoms with E-state index in [4.69, 9.17) is 9.47 Å². The summed E-state index contributed by atoms with van der Waals surface area (Å²) in [5, 5.41) is 0. The Labute approximate surface area is 140 Å². The van der Waals surface area contributed by atoms with Crippen molar-refractivity contribution >= 4 is 11.8 Å². The zero-order chi connectivity index (χ0) is 17.2. The van der Waals surface area contributed by atoms with Gasteiger partial charge in [0.15, 0.2) is 0 Å². The van der Waals surface area contributed by atoms with Gasteiger partial charge in [-0.25, -0.2) is 9.78 Å². The maximum atomic E-state index is 12.4. The first kappa shape index (κ1) is 16.4. The fourth-order valence-electron chi connectivity index (χ4n) is 2.68. The maximum absolute atomic E-state index is 12.4. The van der Waals surface area contributed by atoms with Crippen LogP contribution in [0.25, 0.3) is 0 Å². The molecule has 1 aliphatic rings. The molecule has 6 nitrogen and oxygen atoms in total. The predicted octanol–water partition coefficient (Wildman–Crippen LogP) is 2.25. The normalized spacial score (nSPS) is 16.9. The molecule has 0 aliphatic carbocycles. The number of hydrogen-bond acceptors (Lipinski definition) is 5. The van der Waals surface area contributed by atoms with E-state index in [2.05, 4.69) is 4.98 Å². The van der Waals surface area contributed by atoms with Crippen LogP contribution in [-0.2, 0) is 14.3 Å². The summed E-state index contributed by atoms with van der Waals surface area (Å²) in [6.07, 6.45) is 3.10. The van der Waals surface area contributed by atoms with Gasteiger partial charge in [0.25, 0.3) is 0 Å². The molecule has 1 aromatic heterocycles. The highest BCUT2D eigenvalue weighted by molar-refractivity contribution is 5.88. The third kappa shape index (κ3) is 2.97. The van der Waals surface area contributed by atoms with Crippen molar-refractivity contribution in [3.8, 4) is 0 Å². The van der Waals surface area contributed by atoms with Crippen molar-refractivity contribution in [3.63, 3.8) is 0 Å². The van der Waals surface area contributed by atoms with Gasteiger partial charge in [-0.3, -0.25) is 4.79 Å². The molecule has 24 heavy (non-hydrogen) atoms. The van der Waals surface area contributed by atoms with Crippen molar-refractivity contribution in [2.24, 2.45) is 5.41 Å². The van der Waals surface area contributed by atoms with Crippen LogP contribution in [0.1, 0.15) is 35.9 Å². The van der Waals surface area contributed by atoms with Crippen LogP contribution in [0.2, 0.25) is 0 Å².